The lowest BCUT2D eigenvalue weighted by molar-refractivity contribution is -0.112. The third-order valence-electron chi connectivity index (χ3n) is 0.930. The number of carbonyl (C=O) groups is 1. The van der Waals surface area contributed by atoms with Gasteiger partial charge in [-0.25, -0.2) is 0 Å². The Morgan fingerprint density at radius 2 is 2.33 bits per heavy atom. The summed E-state index contributed by atoms with van der Waals surface area (Å²) in [4.78, 5) is 10.7. The van der Waals surface area contributed by atoms with Crippen molar-refractivity contribution in [2.45, 2.75) is 25.1 Å². The molecule has 0 fully saturated rings. The smallest absolute Gasteiger partial charge is 0.152 e. The van der Waals surface area contributed by atoms with E-state index in [1.165, 1.54) is 0 Å². The highest BCUT2D eigenvalue weighted by molar-refractivity contribution is 9.09. The summed E-state index contributed by atoms with van der Waals surface area (Å²) in [5.41, 5.74) is 0. The van der Waals surface area contributed by atoms with E-state index in [0.29, 0.717) is 4.83 Å². The fourth-order valence-electron chi connectivity index (χ4n) is 0.376. The highest BCUT2D eigenvalue weighted by Gasteiger charge is 1.92. The van der Waals surface area contributed by atoms with Gasteiger partial charge in [-0.2, -0.15) is 0 Å². The maximum absolute atomic E-state index is 10.4. The summed E-state index contributed by atoms with van der Waals surface area (Å²) in [6.45, 7) is 3.61. The lowest BCUT2D eigenvalue weighted by atomic mass is 10.3. The average Bonchev–Trinajstić information content (AvgIpc) is 1.83. The van der Waals surface area contributed by atoms with E-state index >= 15 is 0 Å². The summed E-state index contributed by atoms with van der Waals surface area (Å²) in [5.74, 6) is 0.105. The van der Waals surface area contributed by atoms with Crippen LogP contribution in [0.2, 0.25) is 0 Å². The molecule has 0 aliphatic carbocycles. The van der Waals surface area contributed by atoms with Gasteiger partial charge < -0.3 is 0 Å². The number of rotatable bonds is 3. The predicted octanol–water partition coefficient (Wildman–Crippen LogP) is 2.31. The Bertz CT molecular complexity index is 118. The predicted molar refractivity (Wildman–Crippen MR) is 42.8 cm³/mol. The van der Waals surface area contributed by atoms with Crippen LogP contribution in [0.4, 0.5) is 0 Å². The van der Waals surface area contributed by atoms with E-state index in [0.717, 1.165) is 6.42 Å². The summed E-state index contributed by atoms with van der Waals surface area (Å²) in [5, 5.41) is 0. The Morgan fingerprint density at radius 3 is 2.67 bits per heavy atom. The number of allylic oxidation sites excluding steroid dienone is 2. The topological polar surface area (TPSA) is 17.1 Å². The third-order valence-corrected chi connectivity index (χ3v) is 1.88. The molecule has 0 spiro atoms. The molecule has 0 N–H and O–H groups in total. The van der Waals surface area contributed by atoms with Crippen LogP contribution in [0, 0.1) is 0 Å². The van der Waals surface area contributed by atoms with Crippen LogP contribution in [0.5, 0.6) is 0 Å². The van der Waals surface area contributed by atoms with Gasteiger partial charge in [0.05, 0.1) is 0 Å². The maximum atomic E-state index is 10.4. The molecule has 0 saturated carbocycles. The minimum atomic E-state index is 0.105. The Kier molecular flexibility index (Phi) is 4.68. The molecule has 2 heteroatoms. The number of ketones is 1. The van der Waals surface area contributed by atoms with Crippen LogP contribution in [-0.4, -0.2) is 10.6 Å². The second kappa shape index (κ2) is 4.74. The molecule has 0 aromatic rings. The van der Waals surface area contributed by atoms with E-state index in [-0.39, 0.29) is 5.78 Å². The van der Waals surface area contributed by atoms with Gasteiger partial charge >= 0.3 is 0 Å². The lowest BCUT2D eigenvalue weighted by Gasteiger charge is -1.94. The second-order valence-electron chi connectivity index (χ2n) is 1.89. The molecule has 0 rings (SSSR count). The Balaban J connectivity index is 3.56. The number of halogens is 1. The van der Waals surface area contributed by atoms with Crippen LogP contribution in [0.3, 0.4) is 0 Å². The zero-order valence-electron chi connectivity index (χ0n) is 5.73. The first-order chi connectivity index (χ1) is 4.16. The van der Waals surface area contributed by atoms with Crippen LogP contribution >= 0.6 is 15.9 Å². The summed E-state index contributed by atoms with van der Waals surface area (Å²) < 4.78 is 0. The second-order valence-corrected chi connectivity index (χ2v) is 3.07. The molecule has 0 aromatic carbocycles. The minimum Gasteiger partial charge on any atom is -0.295 e. The fraction of sp³-hybridized carbons (Fsp3) is 0.571. The monoisotopic (exact) mass is 190 g/mol. The van der Waals surface area contributed by atoms with Gasteiger partial charge in [0.25, 0.3) is 0 Å². The normalized spacial score (nSPS) is 14.1. The van der Waals surface area contributed by atoms with Crippen LogP contribution in [0.25, 0.3) is 0 Å². The summed E-state index contributed by atoms with van der Waals surface area (Å²) >= 11 is 3.37. The highest BCUT2D eigenvalue weighted by Crippen LogP contribution is 2.04. The van der Waals surface area contributed by atoms with Gasteiger partial charge in [-0.05, 0) is 19.4 Å². The minimum absolute atomic E-state index is 0.105. The quantitative estimate of drug-likeness (QED) is 0.494. The van der Waals surface area contributed by atoms with Crippen LogP contribution in [0.1, 0.15) is 20.3 Å². The van der Waals surface area contributed by atoms with Crippen molar-refractivity contribution in [3.63, 3.8) is 0 Å². The molecule has 9 heavy (non-hydrogen) atoms. The largest absolute Gasteiger partial charge is 0.295 e. The molecule has 0 heterocycles. The van der Waals surface area contributed by atoms with E-state index < -0.39 is 0 Å². The van der Waals surface area contributed by atoms with Gasteiger partial charge in [0.1, 0.15) is 0 Å². The van der Waals surface area contributed by atoms with Gasteiger partial charge in [-0.3, -0.25) is 4.79 Å². The molecule has 1 unspecified atom stereocenters. The SMILES string of the molecule is CCC(Br)/C=C/C(C)=O. The van der Waals surface area contributed by atoms with E-state index in [9.17, 15) is 4.79 Å². The first-order valence-corrected chi connectivity index (χ1v) is 3.91. The molecule has 0 aromatic heterocycles. The molecule has 0 aliphatic rings. The number of hydrogen-bond acceptors (Lipinski definition) is 1. The molecular formula is C7H11BrO. The number of carbonyl (C=O) groups excluding carboxylic acids is 1. The van der Waals surface area contributed by atoms with Crippen molar-refractivity contribution in [1.29, 1.82) is 0 Å². The molecule has 1 nitrogen and oxygen atoms in total. The van der Waals surface area contributed by atoms with Crippen molar-refractivity contribution in [3.8, 4) is 0 Å². The van der Waals surface area contributed by atoms with Crippen molar-refractivity contribution in [2.24, 2.45) is 0 Å². The summed E-state index contributed by atoms with van der Waals surface area (Å²) in [7, 11) is 0. The fourth-order valence-corrected chi connectivity index (χ4v) is 0.529. The average molecular weight is 191 g/mol. The van der Waals surface area contributed by atoms with Gasteiger partial charge in [0.2, 0.25) is 0 Å². The zero-order chi connectivity index (χ0) is 7.28. The van der Waals surface area contributed by atoms with Crippen molar-refractivity contribution in [1.82, 2.24) is 0 Å². The summed E-state index contributed by atoms with van der Waals surface area (Å²) in [6.07, 6.45) is 4.47. The third kappa shape index (κ3) is 5.77. The molecule has 0 saturated heterocycles. The van der Waals surface area contributed by atoms with Crippen LogP contribution in [-0.2, 0) is 4.79 Å². The molecular weight excluding hydrogens is 180 g/mol. The Labute approximate surface area is 64.3 Å². The van der Waals surface area contributed by atoms with E-state index in [2.05, 4.69) is 22.9 Å². The van der Waals surface area contributed by atoms with E-state index in [1.54, 1.807) is 13.0 Å². The van der Waals surface area contributed by atoms with Crippen LogP contribution in [0.15, 0.2) is 12.2 Å². The van der Waals surface area contributed by atoms with Gasteiger partial charge in [0, 0.05) is 4.83 Å². The first kappa shape index (κ1) is 8.89. The first-order valence-electron chi connectivity index (χ1n) is 2.99. The van der Waals surface area contributed by atoms with E-state index in [1.807, 2.05) is 6.08 Å². The molecule has 0 bridgehead atoms. The number of hydrogen-bond donors (Lipinski definition) is 0. The number of alkyl halides is 1. The van der Waals surface area contributed by atoms with Crippen molar-refractivity contribution in [2.75, 3.05) is 0 Å². The van der Waals surface area contributed by atoms with Crippen molar-refractivity contribution in [3.05, 3.63) is 12.2 Å². The van der Waals surface area contributed by atoms with Gasteiger partial charge in [-0.1, -0.05) is 28.9 Å². The van der Waals surface area contributed by atoms with Crippen molar-refractivity contribution < 1.29 is 4.79 Å². The Hall–Kier alpha value is -0.110. The summed E-state index contributed by atoms with van der Waals surface area (Å²) in [6, 6.07) is 0. The van der Waals surface area contributed by atoms with Gasteiger partial charge in [-0.15, -0.1) is 0 Å². The van der Waals surface area contributed by atoms with E-state index in [4.69, 9.17) is 0 Å². The van der Waals surface area contributed by atoms with Gasteiger partial charge in [0.15, 0.2) is 5.78 Å². The molecule has 0 amide bonds. The molecule has 0 aliphatic heterocycles. The zero-order valence-corrected chi connectivity index (χ0v) is 7.31. The molecule has 0 radical (unpaired) electrons. The highest BCUT2D eigenvalue weighted by atomic mass is 79.9. The Morgan fingerprint density at radius 1 is 1.78 bits per heavy atom. The molecule has 52 valence electrons. The van der Waals surface area contributed by atoms with Crippen molar-refractivity contribution >= 4 is 21.7 Å². The van der Waals surface area contributed by atoms with Crippen LogP contribution < -0.4 is 0 Å². The molecule has 1 atom stereocenters. The standard InChI is InChI=1S/C7H11BrO/c1-3-7(8)5-4-6(2)9/h4-5,7H,3H2,1-2H3/b5-4+. The maximum Gasteiger partial charge on any atom is 0.152 e. The lowest BCUT2D eigenvalue weighted by Crippen LogP contribution is -1.89.